The van der Waals surface area contributed by atoms with E-state index in [2.05, 4.69) is 15.3 Å². The Balaban J connectivity index is 1.45. The minimum atomic E-state index is -2.47. The molecule has 1 saturated heterocycles. The summed E-state index contributed by atoms with van der Waals surface area (Å²) in [6.45, 7) is 4.84. The van der Waals surface area contributed by atoms with Crippen molar-refractivity contribution in [2.45, 2.75) is 38.9 Å². The molecule has 3 heterocycles. The van der Waals surface area contributed by atoms with Crippen LogP contribution in [0, 0.1) is 5.92 Å². The lowest BCUT2D eigenvalue weighted by atomic mass is 10.0. The number of morpholine rings is 1. The molecule has 3 aromatic rings. The van der Waals surface area contributed by atoms with Gasteiger partial charge in [0.25, 0.3) is 0 Å². The lowest BCUT2D eigenvalue weighted by Crippen LogP contribution is -2.54. The number of carbonyl (C=O) groups excluding carboxylic acids is 1. The molecule has 5 rings (SSSR count). The fourth-order valence-electron chi connectivity index (χ4n) is 4.33. The number of hydrogen-bond acceptors (Lipinski definition) is 6. The Morgan fingerprint density at radius 1 is 1.21 bits per heavy atom. The van der Waals surface area contributed by atoms with Crippen LogP contribution in [0.1, 0.15) is 26.7 Å². The summed E-state index contributed by atoms with van der Waals surface area (Å²) in [6.07, 6.45) is 3.52. The molecule has 9 nitrogen and oxygen atoms in total. The lowest BCUT2D eigenvalue weighted by molar-refractivity contribution is -0.117. The molecule has 1 amide bonds. The smallest absolute Gasteiger partial charge is 0.228 e. The number of pyridine rings is 1. The number of nitrogens with one attached hydrogen (secondary N) is 2. The van der Waals surface area contributed by atoms with Crippen LogP contribution in [0.25, 0.3) is 22.2 Å². The van der Waals surface area contributed by atoms with E-state index < -0.39 is 11.3 Å². The molecule has 2 aliphatic rings. The molecule has 174 valence electrons. The van der Waals surface area contributed by atoms with Gasteiger partial charge >= 0.3 is 0 Å². The third kappa shape index (κ3) is 4.65. The number of benzene rings is 1. The SMILES string of the molecule is CC1CN(N(c2ccc(-c3cc(NC(=O)C4CC4)nc4[nH]ccc34)cc2)S(=O)[O-])CC(C)O1. The Kier molecular flexibility index (Phi) is 5.92. The maximum Gasteiger partial charge on any atom is 0.228 e. The van der Waals surface area contributed by atoms with Gasteiger partial charge in [0.2, 0.25) is 5.91 Å². The first kappa shape index (κ1) is 22.0. The number of carbonyl (C=O) groups is 1. The summed E-state index contributed by atoms with van der Waals surface area (Å²) in [5.74, 6) is 0.579. The fourth-order valence-corrected chi connectivity index (χ4v) is 4.94. The molecule has 2 N–H and O–H groups in total. The minimum Gasteiger partial charge on any atom is -0.754 e. The third-order valence-corrected chi connectivity index (χ3v) is 6.65. The number of rotatable bonds is 6. The van der Waals surface area contributed by atoms with Crippen molar-refractivity contribution in [3.8, 4) is 11.1 Å². The van der Waals surface area contributed by atoms with Crippen molar-refractivity contribution in [1.29, 1.82) is 0 Å². The number of aromatic nitrogens is 2. The average molecular weight is 469 g/mol. The van der Waals surface area contributed by atoms with Gasteiger partial charge in [-0.1, -0.05) is 12.1 Å². The zero-order valence-electron chi connectivity index (χ0n) is 18.5. The standard InChI is InChI=1S/C23H27N5O4S/c1-14-12-27(13-15(2)32-14)28(33(30)31)18-7-5-16(6-8-18)20-11-21(26-23(29)17-3-4-17)25-22-19(20)9-10-24-22/h5-11,14-15,17H,3-4,12-13H2,1-2H3,(H,30,31)(H2,24,25,26,29)/p-1. The van der Waals surface area contributed by atoms with Gasteiger partial charge in [0.05, 0.1) is 29.2 Å². The van der Waals surface area contributed by atoms with E-state index in [1.807, 2.05) is 44.3 Å². The summed E-state index contributed by atoms with van der Waals surface area (Å²) in [5.41, 5.74) is 3.03. The largest absolute Gasteiger partial charge is 0.754 e. The number of anilines is 2. The number of hydrogen-bond donors (Lipinski definition) is 2. The summed E-state index contributed by atoms with van der Waals surface area (Å²) in [6, 6.07) is 11.1. The quantitative estimate of drug-likeness (QED) is 0.537. The van der Waals surface area contributed by atoms with E-state index in [-0.39, 0.29) is 24.0 Å². The first-order valence-electron chi connectivity index (χ1n) is 11.1. The van der Waals surface area contributed by atoms with Crippen molar-refractivity contribution in [3.63, 3.8) is 0 Å². The van der Waals surface area contributed by atoms with Crippen molar-refractivity contribution in [3.05, 3.63) is 42.6 Å². The second-order valence-electron chi connectivity index (χ2n) is 8.72. The summed E-state index contributed by atoms with van der Waals surface area (Å²) in [5, 5.41) is 5.63. The molecule has 0 radical (unpaired) electrons. The Morgan fingerprint density at radius 3 is 2.55 bits per heavy atom. The molecule has 10 heteroatoms. The molecule has 33 heavy (non-hydrogen) atoms. The maximum absolute atomic E-state index is 12.2. The average Bonchev–Trinajstić information content (AvgIpc) is 3.51. The van der Waals surface area contributed by atoms with Gasteiger partial charge in [-0.3, -0.25) is 9.00 Å². The normalized spacial score (nSPS) is 22.3. The van der Waals surface area contributed by atoms with Crippen molar-refractivity contribution in [2.75, 3.05) is 22.8 Å². The van der Waals surface area contributed by atoms with E-state index in [4.69, 9.17) is 4.74 Å². The molecular weight excluding hydrogens is 442 g/mol. The predicted octanol–water partition coefficient (Wildman–Crippen LogP) is 3.20. The summed E-state index contributed by atoms with van der Waals surface area (Å²) < 4.78 is 31.2. The van der Waals surface area contributed by atoms with Gasteiger partial charge in [0, 0.05) is 30.6 Å². The number of H-pyrrole nitrogens is 1. The van der Waals surface area contributed by atoms with Crippen LogP contribution in [0.3, 0.4) is 0 Å². The molecule has 1 aliphatic heterocycles. The number of hydrazine groups is 1. The monoisotopic (exact) mass is 468 g/mol. The molecule has 1 aromatic carbocycles. The Morgan fingerprint density at radius 2 is 1.91 bits per heavy atom. The van der Waals surface area contributed by atoms with Gasteiger partial charge in [-0.25, -0.2) is 14.4 Å². The molecule has 1 saturated carbocycles. The maximum atomic E-state index is 12.2. The number of aromatic amines is 1. The first-order valence-corrected chi connectivity index (χ1v) is 12.1. The second-order valence-corrected chi connectivity index (χ2v) is 9.50. The fraction of sp³-hybridized carbons (Fsp3) is 0.391. The van der Waals surface area contributed by atoms with E-state index in [1.165, 1.54) is 4.41 Å². The van der Waals surface area contributed by atoms with Crippen molar-refractivity contribution < 1.29 is 18.3 Å². The highest BCUT2D eigenvalue weighted by molar-refractivity contribution is 7.80. The van der Waals surface area contributed by atoms with Crippen LogP contribution < -0.4 is 9.73 Å². The summed E-state index contributed by atoms with van der Waals surface area (Å²) in [4.78, 5) is 19.9. The Bertz CT molecular complexity index is 1180. The molecule has 1 aliphatic carbocycles. The van der Waals surface area contributed by atoms with E-state index in [1.54, 1.807) is 17.1 Å². The van der Waals surface area contributed by atoms with E-state index in [9.17, 15) is 13.6 Å². The third-order valence-electron chi connectivity index (χ3n) is 5.93. The second kappa shape index (κ2) is 8.86. The number of fused-ring (bicyclic) bond motifs is 1. The van der Waals surface area contributed by atoms with E-state index >= 15 is 0 Å². The zero-order chi connectivity index (χ0) is 23.1. The highest BCUT2D eigenvalue weighted by atomic mass is 32.2. The van der Waals surface area contributed by atoms with Crippen molar-refractivity contribution >= 4 is 39.7 Å². The minimum absolute atomic E-state index is 0.00256. The number of ether oxygens (including phenoxy) is 1. The van der Waals surface area contributed by atoms with Crippen LogP contribution in [-0.2, 0) is 20.8 Å². The number of nitrogens with zero attached hydrogens (tertiary/aromatic N) is 3. The van der Waals surface area contributed by atoms with Crippen molar-refractivity contribution in [2.24, 2.45) is 5.92 Å². The van der Waals surface area contributed by atoms with Crippen LogP contribution >= 0.6 is 0 Å². The zero-order valence-corrected chi connectivity index (χ0v) is 19.3. The van der Waals surface area contributed by atoms with Gasteiger partial charge in [-0.05, 0) is 62.1 Å². The van der Waals surface area contributed by atoms with E-state index in [0.717, 1.165) is 29.4 Å². The van der Waals surface area contributed by atoms with Crippen LogP contribution in [0.15, 0.2) is 42.6 Å². The summed E-state index contributed by atoms with van der Waals surface area (Å²) >= 11 is -2.47. The highest BCUT2D eigenvalue weighted by Crippen LogP contribution is 2.34. The van der Waals surface area contributed by atoms with Gasteiger partial charge in [0.15, 0.2) is 0 Å². The van der Waals surface area contributed by atoms with Crippen LogP contribution in [0.2, 0.25) is 0 Å². The molecule has 0 spiro atoms. The molecule has 0 bridgehead atoms. The topological polar surface area (TPSA) is 114 Å². The van der Waals surface area contributed by atoms with Crippen LogP contribution in [0.5, 0.6) is 0 Å². The highest BCUT2D eigenvalue weighted by Gasteiger charge is 2.30. The van der Waals surface area contributed by atoms with Crippen LogP contribution in [0.4, 0.5) is 11.5 Å². The molecule has 2 fully saturated rings. The number of amides is 1. The lowest BCUT2D eigenvalue weighted by Gasteiger charge is -2.43. The van der Waals surface area contributed by atoms with Crippen molar-refractivity contribution in [1.82, 2.24) is 15.0 Å². The van der Waals surface area contributed by atoms with Gasteiger partial charge < -0.3 is 19.6 Å². The van der Waals surface area contributed by atoms with Gasteiger partial charge in [0.1, 0.15) is 11.5 Å². The summed E-state index contributed by atoms with van der Waals surface area (Å²) in [7, 11) is 0. The predicted molar refractivity (Wildman–Crippen MR) is 126 cm³/mol. The van der Waals surface area contributed by atoms with E-state index in [0.29, 0.717) is 30.2 Å². The molecule has 3 atom stereocenters. The first-order chi connectivity index (χ1) is 15.9. The Labute approximate surface area is 194 Å². The molecular formula is C23H26N5O4S-. The van der Waals surface area contributed by atoms with Gasteiger partial charge in [-0.15, -0.1) is 0 Å². The molecule has 2 aromatic heterocycles. The Hall–Kier alpha value is -2.79. The van der Waals surface area contributed by atoms with Crippen LogP contribution in [-0.4, -0.2) is 54.9 Å². The molecule has 3 unspecified atom stereocenters. The van der Waals surface area contributed by atoms with Gasteiger partial charge in [-0.2, -0.15) is 0 Å².